The summed E-state index contributed by atoms with van der Waals surface area (Å²) in [6, 6.07) is 7.59. The molecule has 0 saturated carbocycles. The molecule has 18 heavy (non-hydrogen) atoms. The fourth-order valence-corrected chi connectivity index (χ4v) is 1.70. The number of carbonyl (C=O) groups is 2. The van der Waals surface area contributed by atoms with E-state index in [0.717, 1.165) is 5.56 Å². The Morgan fingerprint density at radius 2 is 1.78 bits per heavy atom. The average molecular weight is 249 g/mol. The Bertz CT molecular complexity index is 435. The third-order valence-electron chi connectivity index (χ3n) is 3.22. The first-order valence-electron chi connectivity index (χ1n) is 5.89. The molecule has 0 aliphatic rings. The van der Waals surface area contributed by atoms with Crippen LogP contribution in [0.2, 0.25) is 0 Å². The Morgan fingerprint density at radius 1 is 1.28 bits per heavy atom. The molecule has 1 unspecified atom stereocenters. The van der Waals surface area contributed by atoms with E-state index in [0.29, 0.717) is 5.92 Å². The molecule has 0 bridgehead atoms. The molecule has 4 heteroatoms. The van der Waals surface area contributed by atoms with Gasteiger partial charge in [-0.1, -0.05) is 38.1 Å². The van der Waals surface area contributed by atoms with Crippen LogP contribution in [-0.2, 0) is 16.0 Å². The summed E-state index contributed by atoms with van der Waals surface area (Å²) in [4.78, 5) is 22.4. The van der Waals surface area contributed by atoms with Gasteiger partial charge in [0, 0.05) is 0 Å². The molecule has 0 aliphatic heterocycles. The summed E-state index contributed by atoms with van der Waals surface area (Å²) in [7, 11) is 0. The Kier molecular flexibility index (Phi) is 4.11. The summed E-state index contributed by atoms with van der Waals surface area (Å²) in [6.07, 6.45) is 0.107. The number of carbonyl (C=O) groups excluding carboxylic acids is 1. The number of rotatable bonds is 5. The second kappa shape index (κ2) is 5.21. The first-order chi connectivity index (χ1) is 8.27. The van der Waals surface area contributed by atoms with Crippen LogP contribution in [0.15, 0.2) is 24.3 Å². The number of aliphatic carboxylic acids is 1. The zero-order chi connectivity index (χ0) is 13.9. The van der Waals surface area contributed by atoms with Crippen LogP contribution in [-0.4, -0.2) is 17.0 Å². The maximum atomic E-state index is 11.3. The molecule has 1 aromatic rings. The van der Waals surface area contributed by atoms with E-state index in [2.05, 4.69) is 13.8 Å². The highest BCUT2D eigenvalue weighted by atomic mass is 16.4. The van der Waals surface area contributed by atoms with E-state index in [4.69, 9.17) is 10.8 Å². The lowest BCUT2D eigenvalue weighted by Gasteiger charge is -2.21. The van der Waals surface area contributed by atoms with Crippen molar-refractivity contribution >= 4 is 11.9 Å². The van der Waals surface area contributed by atoms with Crippen molar-refractivity contribution in [2.75, 3.05) is 0 Å². The number of hydrogen-bond donors (Lipinski definition) is 2. The predicted molar refractivity (Wildman–Crippen MR) is 69.2 cm³/mol. The summed E-state index contributed by atoms with van der Waals surface area (Å²) >= 11 is 0. The van der Waals surface area contributed by atoms with Crippen LogP contribution in [0.5, 0.6) is 0 Å². The van der Waals surface area contributed by atoms with Gasteiger partial charge in [0.15, 0.2) is 0 Å². The standard InChI is InChI=1S/C14H19NO3/c1-9(2)11-6-4-10(5-7-11)8-14(3,12(15)16)13(17)18/h4-7,9H,8H2,1-3H3,(H2,15,16)(H,17,18). The number of nitrogens with two attached hydrogens (primary N) is 1. The highest BCUT2D eigenvalue weighted by molar-refractivity contribution is 6.00. The first kappa shape index (κ1) is 14.2. The van der Waals surface area contributed by atoms with E-state index >= 15 is 0 Å². The predicted octanol–water partition coefficient (Wildman–Crippen LogP) is 1.93. The highest BCUT2D eigenvalue weighted by Gasteiger charge is 2.39. The molecule has 1 amide bonds. The molecule has 3 N–H and O–H groups in total. The Labute approximate surface area is 107 Å². The van der Waals surface area contributed by atoms with Crippen LogP contribution in [0, 0.1) is 5.41 Å². The van der Waals surface area contributed by atoms with Crippen molar-refractivity contribution in [3.05, 3.63) is 35.4 Å². The molecule has 0 fully saturated rings. The molecule has 0 aromatic heterocycles. The summed E-state index contributed by atoms with van der Waals surface area (Å²) in [5.41, 5.74) is 5.59. The van der Waals surface area contributed by atoms with Crippen molar-refractivity contribution in [1.29, 1.82) is 0 Å². The van der Waals surface area contributed by atoms with Gasteiger partial charge in [-0.2, -0.15) is 0 Å². The van der Waals surface area contributed by atoms with Crippen molar-refractivity contribution in [1.82, 2.24) is 0 Å². The lowest BCUT2D eigenvalue weighted by molar-refractivity contribution is -0.153. The van der Waals surface area contributed by atoms with Gasteiger partial charge in [0.2, 0.25) is 5.91 Å². The number of primary amides is 1. The van der Waals surface area contributed by atoms with Gasteiger partial charge in [-0.15, -0.1) is 0 Å². The maximum absolute atomic E-state index is 11.3. The molecule has 0 heterocycles. The molecule has 98 valence electrons. The minimum absolute atomic E-state index is 0.107. The van der Waals surface area contributed by atoms with Crippen LogP contribution in [0.3, 0.4) is 0 Å². The third-order valence-corrected chi connectivity index (χ3v) is 3.22. The van der Waals surface area contributed by atoms with E-state index in [1.807, 2.05) is 24.3 Å². The van der Waals surface area contributed by atoms with Crippen molar-refractivity contribution in [2.45, 2.75) is 33.1 Å². The van der Waals surface area contributed by atoms with Crippen molar-refractivity contribution in [3.63, 3.8) is 0 Å². The van der Waals surface area contributed by atoms with Crippen molar-refractivity contribution in [3.8, 4) is 0 Å². The van der Waals surface area contributed by atoms with Gasteiger partial charge in [-0.3, -0.25) is 9.59 Å². The van der Waals surface area contributed by atoms with Crippen molar-refractivity contribution in [2.24, 2.45) is 11.1 Å². The third kappa shape index (κ3) is 2.88. The highest BCUT2D eigenvalue weighted by Crippen LogP contribution is 2.24. The van der Waals surface area contributed by atoms with Gasteiger partial charge in [-0.05, 0) is 30.4 Å². The zero-order valence-electron chi connectivity index (χ0n) is 10.9. The van der Waals surface area contributed by atoms with Crippen LogP contribution < -0.4 is 5.73 Å². The van der Waals surface area contributed by atoms with Crippen molar-refractivity contribution < 1.29 is 14.7 Å². The number of benzene rings is 1. The van der Waals surface area contributed by atoms with E-state index in [9.17, 15) is 9.59 Å². The van der Waals surface area contributed by atoms with E-state index < -0.39 is 17.3 Å². The molecule has 1 aromatic carbocycles. The Morgan fingerprint density at radius 3 is 2.11 bits per heavy atom. The topological polar surface area (TPSA) is 80.4 Å². The minimum atomic E-state index is -1.56. The van der Waals surface area contributed by atoms with Crippen LogP contribution in [0.4, 0.5) is 0 Å². The molecule has 1 atom stereocenters. The quantitative estimate of drug-likeness (QED) is 0.782. The van der Waals surface area contributed by atoms with Gasteiger partial charge in [-0.25, -0.2) is 0 Å². The zero-order valence-corrected chi connectivity index (χ0v) is 10.9. The van der Waals surface area contributed by atoms with Gasteiger partial charge in [0.25, 0.3) is 0 Å². The molecule has 0 spiro atoms. The van der Waals surface area contributed by atoms with Crippen LogP contribution >= 0.6 is 0 Å². The van der Waals surface area contributed by atoms with E-state index in [1.54, 1.807) is 0 Å². The largest absolute Gasteiger partial charge is 0.480 e. The number of hydrogen-bond acceptors (Lipinski definition) is 2. The number of carboxylic acid groups (broad SMARTS) is 1. The average Bonchev–Trinajstić information content (AvgIpc) is 2.29. The summed E-state index contributed by atoms with van der Waals surface area (Å²) in [5, 5.41) is 9.11. The Hall–Kier alpha value is -1.84. The molecular formula is C14H19NO3. The Balaban J connectivity index is 2.96. The second-order valence-electron chi connectivity index (χ2n) is 5.07. The number of amides is 1. The second-order valence-corrected chi connectivity index (χ2v) is 5.07. The summed E-state index contributed by atoms with van der Waals surface area (Å²) in [6.45, 7) is 5.52. The van der Waals surface area contributed by atoms with Crippen LogP contribution in [0.1, 0.15) is 37.8 Å². The van der Waals surface area contributed by atoms with E-state index in [1.165, 1.54) is 12.5 Å². The lowest BCUT2D eigenvalue weighted by atomic mass is 9.82. The lowest BCUT2D eigenvalue weighted by Crippen LogP contribution is -2.43. The minimum Gasteiger partial charge on any atom is -0.480 e. The maximum Gasteiger partial charge on any atom is 0.319 e. The van der Waals surface area contributed by atoms with Gasteiger partial charge in [0.1, 0.15) is 5.41 Å². The summed E-state index contributed by atoms with van der Waals surface area (Å²) < 4.78 is 0. The molecular weight excluding hydrogens is 230 g/mol. The molecule has 1 rings (SSSR count). The number of carboxylic acids is 1. The smallest absolute Gasteiger partial charge is 0.319 e. The molecule has 0 radical (unpaired) electrons. The fraction of sp³-hybridized carbons (Fsp3) is 0.429. The first-order valence-corrected chi connectivity index (χ1v) is 5.89. The summed E-state index contributed by atoms with van der Waals surface area (Å²) in [5.74, 6) is -1.59. The van der Waals surface area contributed by atoms with Gasteiger partial charge < -0.3 is 10.8 Å². The van der Waals surface area contributed by atoms with Gasteiger partial charge >= 0.3 is 5.97 Å². The molecule has 4 nitrogen and oxygen atoms in total. The molecule has 0 saturated heterocycles. The molecule has 0 aliphatic carbocycles. The normalized spacial score (nSPS) is 14.2. The van der Waals surface area contributed by atoms with Crippen LogP contribution in [0.25, 0.3) is 0 Å². The SMILES string of the molecule is CC(C)c1ccc(CC(C)(C(N)=O)C(=O)O)cc1. The monoisotopic (exact) mass is 249 g/mol. The van der Waals surface area contributed by atoms with Gasteiger partial charge in [0.05, 0.1) is 0 Å². The fourth-order valence-electron chi connectivity index (χ4n) is 1.70. The van der Waals surface area contributed by atoms with E-state index in [-0.39, 0.29) is 6.42 Å².